The molecule has 8 nitrogen and oxygen atoms in total. The van der Waals surface area contributed by atoms with Crippen LogP contribution in [0.4, 0.5) is 0 Å². The average Bonchev–Trinajstić information content (AvgIpc) is 3.16. The quantitative estimate of drug-likeness (QED) is 0.177. The summed E-state index contributed by atoms with van der Waals surface area (Å²) in [5, 5.41) is 4.94. The molecule has 162 valence electrons. The molecule has 3 rings (SSSR count). The van der Waals surface area contributed by atoms with Crippen LogP contribution in [-0.2, 0) is 9.53 Å². The van der Waals surface area contributed by atoms with Crippen LogP contribution in [0.15, 0.2) is 44.3 Å². The van der Waals surface area contributed by atoms with Gasteiger partial charge in [0.15, 0.2) is 23.9 Å². The fourth-order valence-corrected chi connectivity index (χ4v) is 4.49. The number of hydrogen-bond acceptors (Lipinski definition) is 7. The highest BCUT2D eigenvalue weighted by molar-refractivity contribution is 14.1. The molecule has 0 radical (unpaired) electrons. The number of carbonyl (C=O) groups is 2. The van der Waals surface area contributed by atoms with Crippen molar-refractivity contribution in [3.8, 4) is 11.5 Å². The number of nitrogens with zero attached hydrogens (tertiary/aromatic N) is 1. The Labute approximate surface area is 204 Å². The minimum absolute atomic E-state index is 0.130. The zero-order chi connectivity index (χ0) is 22.5. The minimum Gasteiger partial charge on any atom is -0.493 e. The van der Waals surface area contributed by atoms with Gasteiger partial charge in [0.25, 0.3) is 0 Å². The Hall–Kier alpha value is -2.31. The molecule has 0 spiro atoms. The molecule has 31 heavy (non-hydrogen) atoms. The summed E-state index contributed by atoms with van der Waals surface area (Å²) in [4.78, 5) is 23.6. The number of methoxy groups -OCH3 is 2. The minimum atomic E-state index is -0.556. The Morgan fingerprint density at radius 1 is 1.26 bits per heavy atom. The number of amides is 1. The molecule has 0 aliphatic carbocycles. The predicted molar refractivity (Wildman–Crippen MR) is 127 cm³/mol. The number of hydrogen-bond donors (Lipinski definition) is 1. The number of fused-ring (bicyclic) bond motifs is 1. The van der Waals surface area contributed by atoms with E-state index >= 15 is 0 Å². The molecule has 0 atom stereocenters. The molecule has 0 saturated carbocycles. The molecule has 0 fully saturated rings. The summed E-state index contributed by atoms with van der Waals surface area (Å²) in [6, 6.07) is 8.53. The molecule has 2 aromatic carbocycles. The molecule has 0 aliphatic rings. The largest absolute Gasteiger partial charge is 0.493 e. The summed E-state index contributed by atoms with van der Waals surface area (Å²) < 4.78 is 22.5. The lowest BCUT2D eigenvalue weighted by atomic mass is 10.2. The van der Waals surface area contributed by atoms with Crippen LogP contribution in [0.5, 0.6) is 11.5 Å². The van der Waals surface area contributed by atoms with E-state index in [1.165, 1.54) is 20.4 Å². The van der Waals surface area contributed by atoms with E-state index in [4.69, 9.17) is 25.5 Å². The van der Waals surface area contributed by atoms with Gasteiger partial charge in [-0.2, -0.15) is 5.10 Å². The van der Waals surface area contributed by atoms with Gasteiger partial charge in [-0.25, -0.2) is 10.2 Å². The zero-order valence-electron chi connectivity index (χ0n) is 16.2. The van der Waals surface area contributed by atoms with Crippen molar-refractivity contribution in [2.75, 3.05) is 20.8 Å². The van der Waals surface area contributed by atoms with Crippen LogP contribution in [0.1, 0.15) is 16.1 Å². The maximum Gasteiger partial charge on any atom is 0.343 e. The number of carbonyl (C=O) groups excluding carboxylic acids is 2. The number of nitrogens with one attached hydrogen (secondary N) is 1. The van der Waals surface area contributed by atoms with Gasteiger partial charge in [-0.15, -0.1) is 0 Å². The lowest BCUT2D eigenvalue weighted by molar-refractivity contribution is -0.142. The lowest BCUT2D eigenvalue weighted by Gasteiger charge is -2.12. The van der Waals surface area contributed by atoms with Crippen LogP contribution < -0.4 is 14.9 Å². The van der Waals surface area contributed by atoms with Crippen LogP contribution >= 0.6 is 50.1 Å². The third-order valence-corrected chi connectivity index (χ3v) is 5.49. The van der Waals surface area contributed by atoms with E-state index in [1.807, 2.05) is 12.1 Å². The molecule has 1 aromatic heterocycles. The first kappa shape index (κ1) is 23.4. The number of esters is 1. The number of benzene rings is 2. The van der Waals surface area contributed by atoms with E-state index < -0.39 is 11.9 Å². The second-order valence-electron chi connectivity index (χ2n) is 6.01. The van der Waals surface area contributed by atoms with E-state index in [-0.39, 0.29) is 23.1 Å². The molecule has 1 amide bonds. The fourth-order valence-electron chi connectivity index (χ4n) is 2.55. The number of furan rings is 1. The van der Waals surface area contributed by atoms with Crippen molar-refractivity contribution in [1.82, 2.24) is 5.43 Å². The van der Waals surface area contributed by atoms with Gasteiger partial charge in [0.05, 0.1) is 29.0 Å². The topological polar surface area (TPSA) is 99.4 Å². The molecular formula is C20H15BrClIN2O6. The summed E-state index contributed by atoms with van der Waals surface area (Å²) in [6.45, 7) is -0.316. The first-order valence-electron chi connectivity index (χ1n) is 8.61. The molecule has 1 heterocycles. The van der Waals surface area contributed by atoms with Crippen LogP contribution in [0.25, 0.3) is 11.0 Å². The van der Waals surface area contributed by atoms with E-state index in [1.54, 1.807) is 18.2 Å². The Morgan fingerprint density at radius 2 is 2.03 bits per heavy atom. The van der Waals surface area contributed by atoms with E-state index in [0.717, 1.165) is 13.4 Å². The fraction of sp³-hybridized carbons (Fsp3) is 0.150. The van der Waals surface area contributed by atoms with Gasteiger partial charge < -0.3 is 18.6 Å². The molecule has 3 aromatic rings. The molecule has 0 unspecified atom stereocenters. The highest BCUT2D eigenvalue weighted by atomic mass is 127. The maximum absolute atomic E-state index is 12.4. The zero-order valence-corrected chi connectivity index (χ0v) is 20.7. The number of hydrazone groups is 1. The number of halogens is 3. The Kier molecular flexibility index (Phi) is 7.79. The number of ether oxygens (including phenoxy) is 3. The van der Waals surface area contributed by atoms with Gasteiger partial charge in [0.1, 0.15) is 5.58 Å². The highest BCUT2D eigenvalue weighted by Gasteiger charge is 2.15. The average molecular weight is 622 g/mol. The van der Waals surface area contributed by atoms with Crippen LogP contribution in [0.3, 0.4) is 0 Å². The van der Waals surface area contributed by atoms with Crippen molar-refractivity contribution in [3.63, 3.8) is 0 Å². The first-order valence-corrected chi connectivity index (χ1v) is 10.9. The van der Waals surface area contributed by atoms with Crippen molar-refractivity contribution in [2.24, 2.45) is 5.10 Å². The molecule has 11 heteroatoms. The van der Waals surface area contributed by atoms with E-state index in [9.17, 15) is 9.59 Å². The normalized spacial score (nSPS) is 11.0. The van der Waals surface area contributed by atoms with Crippen molar-refractivity contribution < 1.29 is 28.2 Å². The Balaban J connectivity index is 1.73. The van der Waals surface area contributed by atoms with Gasteiger partial charge in [-0.3, -0.25) is 4.79 Å². The second kappa shape index (κ2) is 10.3. The smallest absolute Gasteiger partial charge is 0.343 e. The second-order valence-corrected chi connectivity index (χ2v) is 8.50. The third-order valence-electron chi connectivity index (χ3n) is 3.95. The van der Waals surface area contributed by atoms with Crippen molar-refractivity contribution in [3.05, 3.63) is 54.7 Å². The van der Waals surface area contributed by atoms with Crippen LogP contribution in [0.2, 0.25) is 5.02 Å². The summed E-state index contributed by atoms with van der Waals surface area (Å²) in [5.74, 6) is -0.444. The van der Waals surface area contributed by atoms with Crippen molar-refractivity contribution in [2.45, 2.75) is 0 Å². The van der Waals surface area contributed by atoms with Crippen molar-refractivity contribution in [1.29, 1.82) is 0 Å². The Morgan fingerprint density at radius 3 is 2.74 bits per heavy atom. The van der Waals surface area contributed by atoms with E-state index in [2.05, 4.69) is 53.8 Å². The molecule has 0 aliphatic heterocycles. The summed E-state index contributed by atoms with van der Waals surface area (Å²) in [6.07, 6.45) is 1.39. The molecule has 1 N–H and O–H groups in total. The SMILES string of the molecule is COC(=O)COc1c(Cl)cc(/C=N\NC(=O)c2cc3cc(Br)cc(I)c3o2)cc1OC. The lowest BCUT2D eigenvalue weighted by Crippen LogP contribution is -2.16. The molecule has 0 bridgehead atoms. The number of rotatable bonds is 7. The summed E-state index contributed by atoms with van der Waals surface area (Å²) in [5.41, 5.74) is 3.57. The Bertz CT molecular complexity index is 1180. The summed E-state index contributed by atoms with van der Waals surface area (Å²) >= 11 is 11.8. The van der Waals surface area contributed by atoms with Gasteiger partial charge >= 0.3 is 11.9 Å². The van der Waals surface area contributed by atoms with Gasteiger partial charge in [-0.1, -0.05) is 27.5 Å². The van der Waals surface area contributed by atoms with Crippen LogP contribution in [-0.4, -0.2) is 38.9 Å². The predicted octanol–water partition coefficient (Wildman–Crippen LogP) is 4.78. The maximum atomic E-state index is 12.4. The van der Waals surface area contributed by atoms with Gasteiger partial charge in [0, 0.05) is 9.86 Å². The van der Waals surface area contributed by atoms with Crippen LogP contribution in [0, 0.1) is 3.57 Å². The standard InChI is InChI=1S/C20H15BrClIN2O6/c1-28-15-4-10(3-13(22)19(15)30-9-17(26)29-2)8-24-25-20(27)16-6-11-5-12(21)7-14(23)18(11)31-16/h3-8H,9H2,1-2H3,(H,25,27)/b24-8-. The van der Waals surface area contributed by atoms with Gasteiger partial charge in [-0.05, 0) is 58.5 Å². The first-order chi connectivity index (χ1) is 14.8. The van der Waals surface area contributed by atoms with E-state index in [0.29, 0.717) is 16.9 Å². The summed E-state index contributed by atoms with van der Waals surface area (Å²) in [7, 11) is 2.68. The third kappa shape index (κ3) is 5.69. The molecule has 0 saturated heterocycles. The van der Waals surface area contributed by atoms with Gasteiger partial charge in [0.2, 0.25) is 0 Å². The monoisotopic (exact) mass is 620 g/mol. The molecular weight excluding hydrogens is 606 g/mol. The highest BCUT2D eigenvalue weighted by Crippen LogP contribution is 2.36. The van der Waals surface area contributed by atoms with Crippen molar-refractivity contribution >= 4 is 79.2 Å².